The molecule has 1 saturated heterocycles. The minimum atomic E-state index is -3.32. The van der Waals surface area contributed by atoms with Crippen LogP contribution in [-0.2, 0) is 19.6 Å². The molecule has 0 aromatic heterocycles. The molecule has 4 rings (SSSR count). The van der Waals surface area contributed by atoms with Crippen molar-refractivity contribution in [3.63, 3.8) is 0 Å². The van der Waals surface area contributed by atoms with Gasteiger partial charge in [-0.2, -0.15) is 0 Å². The van der Waals surface area contributed by atoms with E-state index >= 15 is 0 Å². The Morgan fingerprint density at radius 3 is 2.45 bits per heavy atom. The lowest BCUT2D eigenvalue weighted by atomic mass is 9.71. The normalized spacial score (nSPS) is 24.8. The second kappa shape index (κ2) is 12.1. The molecule has 2 aliphatic rings. The average molecular weight is 580 g/mol. The zero-order chi connectivity index (χ0) is 27.5. The monoisotopic (exact) mass is 578 g/mol. The van der Waals surface area contributed by atoms with Crippen LogP contribution < -0.4 is 4.72 Å². The molecule has 1 aliphatic carbocycles. The molecule has 2 fully saturated rings. The highest BCUT2D eigenvalue weighted by molar-refractivity contribution is 7.90. The van der Waals surface area contributed by atoms with Crippen molar-refractivity contribution in [1.82, 2.24) is 9.62 Å². The quantitative estimate of drug-likeness (QED) is 0.301. The number of amides is 1. The maximum atomic E-state index is 14.4. The number of likely N-dealkylation sites (tertiary alicyclic amines) is 1. The van der Waals surface area contributed by atoms with Gasteiger partial charge in [-0.3, -0.25) is 4.79 Å². The van der Waals surface area contributed by atoms with Gasteiger partial charge in [0.05, 0.1) is 11.3 Å². The van der Waals surface area contributed by atoms with Gasteiger partial charge in [-0.25, -0.2) is 13.1 Å². The van der Waals surface area contributed by atoms with Gasteiger partial charge in [-0.05, 0) is 67.5 Å². The number of halogens is 2. The van der Waals surface area contributed by atoms with Gasteiger partial charge in [-0.15, -0.1) is 6.58 Å². The summed E-state index contributed by atoms with van der Waals surface area (Å²) in [4.78, 5) is 16.3. The number of piperidine rings is 1. The smallest absolute Gasteiger partial charge is 0.255 e. The van der Waals surface area contributed by atoms with Gasteiger partial charge in [0, 0.05) is 42.1 Å². The van der Waals surface area contributed by atoms with Crippen LogP contribution in [0, 0.1) is 0 Å². The second-order valence-electron chi connectivity index (χ2n) is 10.3. The van der Waals surface area contributed by atoms with E-state index in [2.05, 4.69) is 11.3 Å². The summed E-state index contributed by atoms with van der Waals surface area (Å²) in [6, 6.07) is 14.8. The fourth-order valence-corrected chi connectivity index (χ4v) is 7.37. The van der Waals surface area contributed by atoms with Crippen molar-refractivity contribution >= 4 is 39.1 Å². The third kappa shape index (κ3) is 6.13. The lowest BCUT2D eigenvalue weighted by molar-refractivity contribution is -0.172. The van der Waals surface area contributed by atoms with E-state index in [1.54, 1.807) is 13.2 Å². The fraction of sp³-hybridized carbons (Fsp3) is 0.483. The SMILES string of the molecule is C=CC[C@@]1(OC)C[C@H](c2cccc(Cl)c2)[C@@H](c2ccc(Cl)cc2)N([C@@H](CC)CCNS(=O)(=O)C2CC2)C1=O. The molecule has 1 N–H and O–H groups in total. The highest BCUT2D eigenvalue weighted by atomic mass is 35.5. The number of hydrogen-bond acceptors (Lipinski definition) is 4. The van der Waals surface area contributed by atoms with E-state index < -0.39 is 15.6 Å². The van der Waals surface area contributed by atoms with Crippen LogP contribution in [0.5, 0.6) is 0 Å². The molecule has 1 aliphatic heterocycles. The van der Waals surface area contributed by atoms with Crippen molar-refractivity contribution in [1.29, 1.82) is 0 Å². The van der Waals surface area contributed by atoms with Crippen LogP contribution in [-0.4, -0.2) is 49.8 Å². The van der Waals surface area contributed by atoms with Crippen LogP contribution in [0.25, 0.3) is 0 Å². The Bertz CT molecular complexity index is 1250. The van der Waals surface area contributed by atoms with E-state index in [4.69, 9.17) is 27.9 Å². The van der Waals surface area contributed by atoms with Gasteiger partial charge in [0.2, 0.25) is 10.0 Å². The Morgan fingerprint density at radius 2 is 1.87 bits per heavy atom. The lowest BCUT2D eigenvalue weighted by Gasteiger charge is -2.52. The highest BCUT2D eigenvalue weighted by Gasteiger charge is 2.53. The van der Waals surface area contributed by atoms with Crippen molar-refractivity contribution in [2.75, 3.05) is 13.7 Å². The predicted molar refractivity (Wildman–Crippen MR) is 153 cm³/mol. The fourth-order valence-electron chi connectivity index (χ4n) is 5.65. The number of benzene rings is 2. The van der Waals surface area contributed by atoms with Gasteiger partial charge < -0.3 is 9.64 Å². The number of sulfonamides is 1. The summed E-state index contributed by atoms with van der Waals surface area (Å²) in [5.74, 6) is -0.250. The van der Waals surface area contributed by atoms with E-state index in [0.29, 0.717) is 48.6 Å². The first-order valence-electron chi connectivity index (χ1n) is 13.1. The first-order chi connectivity index (χ1) is 18.2. The van der Waals surface area contributed by atoms with E-state index in [1.807, 2.05) is 60.4 Å². The molecule has 0 unspecified atom stereocenters. The molecular formula is C29H36Cl2N2O4S. The minimum Gasteiger partial charge on any atom is -0.368 e. The number of carbonyl (C=O) groups excluding carboxylic acids is 1. The molecule has 4 atom stereocenters. The van der Waals surface area contributed by atoms with Gasteiger partial charge in [0.15, 0.2) is 5.60 Å². The Kier molecular flexibility index (Phi) is 9.26. The number of nitrogens with zero attached hydrogens (tertiary/aromatic N) is 1. The topological polar surface area (TPSA) is 75.7 Å². The van der Waals surface area contributed by atoms with E-state index in [0.717, 1.165) is 11.1 Å². The Hall–Kier alpha value is -1.90. The first-order valence-corrected chi connectivity index (χ1v) is 15.4. The third-order valence-corrected chi connectivity index (χ3v) is 10.3. The molecule has 0 radical (unpaired) electrons. The van der Waals surface area contributed by atoms with Crippen molar-refractivity contribution in [3.05, 3.63) is 82.4 Å². The lowest BCUT2D eigenvalue weighted by Crippen LogP contribution is -2.60. The first kappa shape index (κ1) is 29.1. The average Bonchev–Trinajstić information content (AvgIpc) is 3.75. The molecule has 1 saturated carbocycles. The van der Waals surface area contributed by atoms with Crippen LogP contribution in [0.15, 0.2) is 61.2 Å². The molecule has 6 nitrogen and oxygen atoms in total. The molecule has 2 aromatic carbocycles. The Labute approximate surface area is 236 Å². The molecular weight excluding hydrogens is 543 g/mol. The Balaban J connectivity index is 1.79. The summed E-state index contributed by atoms with van der Waals surface area (Å²) in [5.41, 5.74) is 0.858. The van der Waals surface area contributed by atoms with Crippen molar-refractivity contribution in [3.8, 4) is 0 Å². The number of hydrogen-bond donors (Lipinski definition) is 1. The van der Waals surface area contributed by atoms with E-state index in [9.17, 15) is 13.2 Å². The van der Waals surface area contributed by atoms with E-state index in [-0.39, 0.29) is 35.7 Å². The number of nitrogens with one attached hydrogen (secondary N) is 1. The maximum Gasteiger partial charge on any atom is 0.255 e. The van der Waals surface area contributed by atoms with Crippen LogP contribution in [0.4, 0.5) is 0 Å². The summed E-state index contributed by atoms with van der Waals surface area (Å²) in [6.07, 6.45) is 5.06. The second-order valence-corrected chi connectivity index (χ2v) is 13.2. The van der Waals surface area contributed by atoms with Crippen molar-refractivity contribution in [2.45, 2.75) is 74.3 Å². The van der Waals surface area contributed by atoms with Crippen LogP contribution in [0.2, 0.25) is 10.0 Å². The molecule has 1 heterocycles. The van der Waals surface area contributed by atoms with Crippen LogP contribution in [0.3, 0.4) is 0 Å². The minimum absolute atomic E-state index is 0.116. The van der Waals surface area contributed by atoms with Crippen molar-refractivity contribution in [2.24, 2.45) is 0 Å². The molecule has 38 heavy (non-hydrogen) atoms. The summed E-state index contributed by atoms with van der Waals surface area (Å²) in [6.45, 7) is 6.19. The van der Waals surface area contributed by atoms with Crippen molar-refractivity contribution < 1.29 is 17.9 Å². The number of ether oxygens (including phenoxy) is 1. The third-order valence-electron chi connectivity index (χ3n) is 7.82. The summed E-state index contributed by atoms with van der Waals surface area (Å²) < 4.78 is 33.7. The standard InChI is InChI=1S/C29H36Cl2N2O4S/c1-4-16-29(37-3)19-26(21-7-6-8-23(31)18-21)27(20-9-11-22(30)12-10-20)33(28(29)34)24(5-2)15-17-32-38(35,36)25-13-14-25/h4,6-12,18,24-27,32H,1,5,13-17,19H2,2-3H3/t24-,26+,27+,29+/m0/s1. The van der Waals surface area contributed by atoms with Gasteiger partial charge in [0.1, 0.15) is 0 Å². The van der Waals surface area contributed by atoms with Crippen LogP contribution >= 0.6 is 23.2 Å². The maximum absolute atomic E-state index is 14.4. The zero-order valence-corrected chi connectivity index (χ0v) is 24.2. The summed E-state index contributed by atoms with van der Waals surface area (Å²) >= 11 is 12.7. The predicted octanol–water partition coefficient (Wildman–Crippen LogP) is 6.26. The van der Waals surface area contributed by atoms with Gasteiger partial charge in [0.25, 0.3) is 5.91 Å². The molecule has 0 bridgehead atoms. The summed E-state index contributed by atoms with van der Waals surface area (Å²) in [7, 11) is -1.75. The number of carbonyl (C=O) groups is 1. The zero-order valence-electron chi connectivity index (χ0n) is 21.9. The highest BCUT2D eigenvalue weighted by Crippen LogP contribution is 2.50. The van der Waals surface area contributed by atoms with Crippen LogP contribution in [0.1, 0.15) is 68.5 Å². The van der Waals surface area contributed by atoms with Gasteiger partial charge in [-0.1, -0.05) is 60.5 Å². The molecule has 1 amide bonds. The Morgan fingerprint density at radius 1 is 1.16 bits per heavy atom. The molecule has 9 heteroatoms. The number of methoxy groups -OCH3 is 1. The number of rotatable bonds is 12. The van der Waals surface area contributed by atoms with Gasteiger partial charge >= 0.3 is 0 Å². The molecule has 2 aromatic rings. The van der Waals surface area contributed by atoms with E-state index in [1.165, 1.54) is 0 Å². The summed E-state index contributed by atoms with van der Waals surface area (Å²) in [5, 5.41) is 0.942. The molecule has 206 valence electrons. The molecule has 0 spiro atoms. The largest absolute Gasteiger partial charge is 0.368 e.